The first-order valence-corrected chi connectivity index (χ1v) is 9.26. The maximum absolute atomic E-state index is 12.2. The van der Waals surface area contributed by atoms with Crippen LogP contribution >= 0.6 is 15.9 Å². The number of halogens is 1. The van der Waals surface area contributed by atoms with E-state index in [0.29, 0.717) is 30.2 Å². The molecule has 2 aromatic rings. The predicted octanol–water partition coefficient (Wildman–Crippen LogP) is 3.46. The van der Waals surface area contributed by atoms with Crippen molar-refractivity contribution in [2.75, 3.05) is 32.2 Å². The lowest BCUT2D eigenvalue weighted by atomic mass is 10.1. The van der Waals surface area contributed by atoms with E-state index in [1.165, 1.54) is 0 Å². The third kappa shape index (κ3) is 6.37. The molecule has 0 spiro atoms. The van der Waals surface area contributed by atoms with Crippen LogP contribution in [0, 0.1) is 13.8 Å². The van der Waals surface area contributed by atoms with Crippen LogP contribution in [0.2, 0.25) is 0 Å². The number of ether oxygens (including phenoxy) is 2. The normalized spacial score (nSPS) is 10.4. The number of benzene rings is 2. The van der Waals surface area contributed by atoms with E-state index in [2.05, 4.69) is 26.6 Å². The van der Waals surface area contributed by atoms with Crippen LogP contribution in [0.5, 0.6) is 5.75 Å². The predicted molar refractivity (Wildman–Crippen MR) is 108 cm³/mol. The Morgan fingerprint density at radius 2 is 1.81 bits per heavy atom. The van der Waals surface area contributed by atoms with Crippen LogP contribution in [-0.2, 0) is 9.53 Å². The third-order valence-corrected chi connectivity index (χ3v) is 4.23. The fraction of sp³-hybridized carbons (Fsp3) is 0.300. The van der Waals surface area contributed by atoms with Crippen molar-refractivity contribution in [3.05, 3.63) is 57.6 Å². The van der Waals surface area contributed by atoms with Gasteiger partial charge in [0.15, 0.2) is 6.61 Å². The van der Waals surface area contributed by atoms with Gasteiger partial charge >= 0.3 is 0 Å². The van der Waals surface area contributed by atoms with Crippen molar-refractivity contribution in [1.82, 2.24) is 5.32 Å². The summed E-state index contributed by atoms with van der Waals surface area (Å²) >= 11 is 3.44. The average molecular weight is 435 g/mol. The number of nitrogens with one attached hydrogen (secondary N) is 2. The summed E-state index contributed by atoms with van der Waals surface area (Å²) in [6, 6.07) is 10.6. The van der Waals surface area contributed by atoms with Gasteiger partial charge in [0.25, 0.3) is 11.8 Å². The Hall–Kier alpha value is -2.38. The second kappa shape index (κ2) is 10.1. The molecule has 0 saturated heterocycles. The molecule has 6 nitrogen and oxygen atoms in total. The van der Waals surface area contributed by atoms with Crippen LogP contribution in [0.15, 0.2) is 40.9 Å². The lowest BCUT2D eigenvalue weighted by Crippen LogP contribution is -2.27. The summed E-state index contributed by atoms with van der Waals surface area (Å²) in [5, 5.41) is 5.49. The van der Waals surface area contributed by atoms with E-state index in [-0.39, 0.29) is 18.4 Å². The lowest BCUT2D eigenvalue weighted by Gasteiger charge is -2.13. The van der Waals surface area contributed by atoms with Gasteiger partial charge < -0.3 is 20.1 Å². The smallest absolute Gasteiger partial charge is 0.262 e. The second-order valence-electron chi connectivity index (χ2n) is 6.04. The molecule has 0 unspecified atom stereocenters. The van der Waals surface area contributed by atoms with Crippen LogP contribution in [0.4, 0.5) is 5.69 Å². The van der Waals surface area contributed by atoms with E-state index in [9.17, 15) is 9.59 Å². The molecule has 0 saturated carbocycles. The molecular weight excluding hydrogens is 412 g/mol. The Balaban J connectivity index is 1.94. The van der Waals surface area contributed by atoms with Gasteiger partial charge in [0, 0.05) is 29.4 Å². The molecule has 2 N–H and O–H groups in total. The number of methoxy groups -OCH3 is 1. The third-order valence-electron chi connectivity index (χ3n) is 3.77. The summed E-state index contributed by atoms with van der Waals surface area (Å²) in [5.41, 5.74) is 2.89. The molecule has 0 bridgehead atoms. The van der Waals surface area contributed by atoms with Gasteiger partial charge in [0.1, 0.15) is 5.75 Å². The van der Waals surface area contributed by atoms with Crippen LogP contribution in [-0.4, -0.2) is 38.7 Å². The zero-order valence-corrected chi connectivity index (χ0v) is 17.2. The Labute approximate surface area is 167 Å². The number of anilines is 1. The van der Waals surface area contributed by atoms with Crippen LogP contribution in [0.1, 0.15) is 21.5 Å². The minimum atomic E-state index is -0.298. The van der Waals surface area contributed by atoms with E-state index in [1.807, 2.05) is 26.0 Å². The minimum Gasteiger partial charge on any atom is -0.483 e. The highest BCUT2D eigenvalue weighted by Crippen LogP contribution is 2.27. The summed E-state index contributed by atoms with van der Waals surface area (Å²) in [6.45, 7) is 4.60. The van der Waals surface area contributed by atoms with Gasteiger partial charge in [0.2, 0.25) is 0 Å². The van der Waals surface area contributed by atoms with E-state index in [1.54, 1.807) is 31.4 Å². The van der Waals surface area contributed by atoms with Gasteiger partial charge in [0.05, 0.1) is 6.61 Å². The fourth-order valence-electron chi connectivity index (χ4n) is 2.57. The van der Waals surface area contributed by atoms with E-state index in [0.717, 1.165) is 15.6 Å². The number of rotatable bonds is 8. The molecule has 2 rings (SSSR count). The van der Waals surface area contributed by atoms with Crippen molar-refractivity contribution < 1.29 is 19.1 Å². The van der Waals surface area contributed by atoms with Gasteiger partial charge in [-0.05, 0) is 55.3 Å². The number of aryl methyl sites for hydroxylation is 2. The van der Waals surface area contributed by atoms with Crippen molar-refractivity contribution in [3.63, 3.8) is 0 Å². The molecule has 0 aliphatic carbocycles. The van der Waals surface area contributed by atoms with Gasteiger partial charge in [-0.25, -0.2) is 0 Å². The van der Waals surface area contributed by atoms with E-state index >= 15 is 0 Å². The van der Waals surface area contributed by atoms with Crippen molar-refractivity contribution in [3.8, 4) is 5.75 Å². The molecule has 0 aliphatic rings. The largest absolute Gasteiger partial charge is 0.483 e. The zero-order chi connectivity index (χ0) is 19.8. The Bertz CT molecular complexity index is 800. The second-order valence-corrected chi connectivity index (χ2v) is 6.95. The Kier molecular flexibility index (Phi) is 7.82. The van der Waals surface area contributed by atoms with Gasteiger partial charge in [-0.3, -0.25) is 9.59 Å². The zero-order valence-electron chi connectivity index (χ0n) is 15.6. The average Bonchev–Trinajstić information content (AvgIpc) is 2.61. The first-order valence-electron chi connectivity index (χ1n) is 8.47. The van der Waals surface area contributed by atoms with Crippen molar-refractivity contribution in [1.29, 1.82) is 0 Å². The molecule has 0 fully saturated rings. The first kappa shape index (κ1) is 20.9. The standard InChI is InChI=1S/C20H23BrN2O4/c1-13-9-16(21)10-14(2)19(13)27-12-18(24)23-17-6-4-5-15(11-17)20(25)22-7-8-26-3/h4-6,9-11H,7-8,12H2,1-3H3,(H,22,25)(H,23,24). The number of amides is 2. The molecule has 0 aliphatic heterocycles. The molecule has 7 heteroatoms. The topological polar surface area (TPSA) is 76.7 Å². The Morgan fingerprint density at radius 1 is 1.11 bits per heavy atom. The highest BCUT2D eigenvalue weighted by Gasteiger charge is 2.10. The minimum absolute atomic E-state index is 0.117. The summed E-state index contributed by atoms with van der Waals surface area (Å²) in [6.07, 6.45) is 0. The maximum Gasteiger partial charge on any atom is 0.262 e. The monoisotopic (exact) mass is 434 g/mol. The molecular formula is C20H23BrN2O4. The molecule has 2 amide bonds. The molecule has 144 valence electrons. The van der Waals surface area contributed by atoms with Gasteiger partial charge in [-0.15, -0.1) is 0 Å². The molecule has 2 aromatic carbocycles. The summed E-state index contributed by atoms with van der Waals surface area (Å²) in [7, 11) is 1.57. The molecule has 0 atom stereocenters. The fourth-order valence-corrected chi connectivity index (χ4v) is 3.25. The maximum atomic E-state index is 12.2. The van der Waals surface area contributed by atoms with Crippen molar-refractivity contribution >= 4 is 33.4 Å². The Morgan fingerprint density at radius 3 is 2.48 bits per heavy atom. The van der Waals surface area contributed by atoms with Crippen LogP contribution < -0.4 is 15.4 Å². The number of carbonyl (C=O) groups is 2. The molecule has 27 heavy (non-hydrogen) atoms. The van der Waals surface area contributed by atoms with Crippen LogP contribution in [0.25, 0.3) is 0 Å². The van der Waals surface area contributed by atoms with Crippen molar-refractivity contribution in [2.45, 2.75) is 13.8 Å². The summed E-state index contributed by atoms with van der Waals surface area (Å²) < 4.78 is 11.5. The number of hydrogen-bond acceptors (Lipinski definition) is 4. The van der Waals surface area contributed by atoms with Gasteiger partial charge in [-0.1, -0.05) is 22.0 Å². The number of carbonyl (C=O) groups excluding carboxylic acids is 2. The summed E-state index contributed by atoms with van der Waals surface area (Å²) in [5.74, 6) is 0.175. The molecule has 0 heterocycles. The highest BCUT2D eigenvalue weighted by atomic mass is 79.9. The van der Waals surface area contributed by atoms with Gasteiger partial charge in [-0.2, -0.15) is 0 Å². The number of hydrogen-bond donors (Lipinski definition) is 2. The lowest BCUT2D eigenvalue weighted by molar-refractivity contribution is -0.118. The summed E-state index contributed by atoms with van der Waals surface area (Å²) in [4.78, 5) is 24.3. The highest BCUT2D eigenvalue weighted by molar-refractivity contribution is 9.10. The SMILES string of the molecule is COCCNC(=O)c1cccc(NC(=O)COc2c(C)cc(Br)cc2C)c1. The first-order chi connectivity index (χ1) is 12.9. The van der Waals surface area contributed by atoms with Crippen molar-refractivity contribution in [2.24, 2.45) is 0 Å². The van der Waals surface area contributed by atoms with E-state index < -0.39 is 0 Å². The van der Waals surface area contributed by atoms with E-state index in [4.69, 9.17) is 9.47 Å². The van der Waals surface area contributed by atoms with Crippen LogP contribution in [0.3, 0.4) is 0 Å². The molecule has 0 aromatic heterocycles. The molecule has 0 radical (unpaired) electrons. The quantitative estimate of drug-likeness (QED) is 0.623.